The molecule has 3 rings (SSSR count). The van der Waals surface area contributed by atoms with E-state index in [0.29, 0.717) is 9.23 Å². The molecule has 2 heterocycles. The van der Waals surface area contributed by atoms with E-state index in [0.717, 1.165) is 11.0 Å². The van der Waals surface area contributed by atoms with Crippen LogP contribution in [0.5, 0.6) is 0 Å². The molecule has 0 aromatic heterocycles. The molecule has 0 unspecified atom stereocenters. The number of hydrogen-bond acceptors (Lipinski definition) is 6. The van der Waals surface area contributed by atoms with Crippen LogP contribution in [0.4, 0.5) is 0 Å². The molecule has 2 aliphatic heterocycles. The number of nitrogens with one attached hydrogen (secondary N) is 1. The fourth-order valence-corrected chi connectivity index (χ4v) is 5.17. The summed E-state index contributed by atoms with van der Waals surface area (Å²) in [5.74, 6) is -0.686. The number of nitrogens with zero attached hydrogens (tertiary/aromatic N) is 1. The van der Waals surface area contributed by atoms with Crippen LogP contribution in [0, 0.1) is 0 Å². The number of hydrogen-bond donors (Lipinski definition) is 1. The SMILES string of the molecule is O=C(CCN1C(=O)/C(=C\C=C\c2ccccc2)SC1=S)N[C@H]1C=CS(=O)(=O)C1. The topological polar surface area (TPSA) is 83.6 Å². The van der Waals surface area contributed by atoms with Crippen molar-refractivity contribution >= 4 is 56.0 Å². The molecule has 1 N–H and O–H groups in total. The molecular weight excluding hydrogens is 416 g/mol. The number of allylic oxidation sites excluding steroid dienone is 2. The predicted molar refractivity (Wildman–Crippen MR) is 115 cm³/mol. The molecule has 1 atom stereocenters. The van der Waals surface area contributed by atoms with Crippen molar-refractivity contribution in [2.75, 3.05) is 12.3 Å². The fourth-order valence-electron chi connectivity index (χ4n) is 2.68. The van der Waals surface area contributed by atoms with Gasteiger partial charge in [0.05, 0.1) is 16.7 Å². The molecule has 1 fully saturated rings. The molecule has 0 aliphatic carbocycles. The highest BCUT2D eigenvalue weighted by Gasteiger charge is 2.32. The van der Waals surface area contributed by atoms with Crippen LogP contribution in [-0.4, -0.2) is 47.8 Å². The van der Waals surface area contributed by atoms with Gasteiger partial charge in [0.1, 0.15) is 4.32 Å². The largest absolute Gasteiger partial charge is 0.349 e. The van der Waals surface area contributed by atoms with E-state index in [9.17, 15) is 18.0 Å². The molecule has 2 aliphatic rings. The minimum absolute atomic E-state index is 0.0456. The Labute approximate surface area is 173 Å². The molecule has 28 heavy (non-hydrogen) atoms. The van der Waals surface area contributed by atoms with Crippen molar-refractivity contribution in [2.24, 2.45) is 0 Å². The van der Waals surface area contributed by atoms with E-state index < -0.39 is 15.9 Å². The first-order valence-corrected chi connectivity index (χ1v) is 11.5. The van der Waals surface area contributed by atoms with Gasteiger partial charge >= 0.3 is 0 Å². The summed E-state index contributed by atoms with van der Waals surface area (Å²) in [6.07, 6.45) is 6.89. The summed E-state index contributed by atoms with van der Waals surface area (Å²) >= 11 is 6.44. The quantitative estimate of drug-likeness (QED) is 0.546. The Morgan fingerprint density at radius 3 is 2.75 bits per heavy atom. The van der Waals surface area contributed by atoms with E-state index in [1.807, 2.05) is 36.4 Å². The molecule has 6 nitrogen and oxygen atoms in total. The van der Waals surface area contributed by atoms with Gasteiger partial charge in [0.25, 0.3) is 5.91 Å². The first kappa shape index (κ1) is 20.5. The third-order valence-electron chi connectivity index (χ3n) is 4.05. The third kappa shape index (κ3) is 5.40. The first-order chi connectivity index (χ1) is 13.3. The van der Waals surface area contributed by atoms with Crippen LogP contribution in [-0.2, 0) is 19.4 Å². The Kier molecular flexibility index (Phi) is 6.48. The van der Waals surface area contributed by atoms with Crippen LogP contribution in [0.2, 0.25) is 0 Å². The highest BCUT2D eigenvalue weighted by molar-refractivity contribution is 8.26. The smallest absolute Gasteiger partial charge is 0.266 e. The van der Waals surface area contributed by atoms with Gasteiger partial charge in [-0.3, -0.25) is 14.5 Å². The minimum atomic E-state index is -3.22. The van der Waals surface area contributed by atoms with Crippen LogP contribution in [0.1, 0.15) is 12.0 Å². The van der Waals surface area contributed by atoms with E-state index in [1.54, 1.807) is 12.2 Å². The summed E-state index contributed by atoms with van der Waals surface area (Å²) in [5, 5.41) is 3.74. The number of carbonyl (C=O) groups excluding carboxylic acids is 2. The second-order valence-electron chi connectivity index (χ2n) is 6.21. The number of sulfone groups is 1. The summed E-state index contributed by atoms with van der Waals surface area (Å²) < 4.78 is 23.1. The lowest BCUT2D eigenvalue weighted by Crippen LogP contribution is -2.38. The van der Waals surface area contributed by atoms with Gasteiger partial charge in [0.2, 0.25) is 5.91 Å². The zero-order valence-corrected chi connectivity index (χ0v) is 17.2. The third-order valence-corrected chi connectivity index (χ3v) is 6.84. The van der Waals surface area contributed by atoms with Crippen molar-refractivity contribution < 1.29 is 18.0 Å². The van der Waals surface area contributed by atoms with Crippen LogP contribution in [0.3, 0.4) is 0 Å². The molecular formula is C19H18N2O4S3. The monoisotopic (exact) mass is 434 g/mol. The fraction of sp³-hybridized carbons (Fsp3) is 0.211. The predicted octanol–water partition coefficient (Wildman–Crippen LogP) is 2.26. The van der Waals surface area contributed by atoms with Crippen LogP contribution >= 0.6 is 24.0 Å². The summed E-state index contributed by atoms with van der Waals surface area (Å²) in [5.41, 5.74) is 1.02. The first-order valence-electron chi connectivity index (χ1n) is 8.51. The number of carbonyl (C=O) groups is 2. The second kappa shape index (κ2) is 8.85. The lowest BCUT2D eigenvalue weighted by molar-refractivity contribution is -0.124. The molecule has 2 amide bonds. The van der Waals surface area contributed by atoms with E-state index in [4.69, 9.17) is 12.2 Å². The maximum atomic E-state index is 12.5. The van der Waals surface area contributed by atoms with Crippen molar-refractivity contribution in [3.8, 4) is 0 Å². The van der Waals surface area contributed by atoms with E-state index in [1.165, 1.54) is 22.7 Å². The Bertz CT molecular complexity index is 982. The highest BCUT2D eigenvalue weighted by atomic mass is 32.2. The van der Waals surface area contributed by atoms with Gasteiger partial charge in [-0.1, -0.05) is 66.5 Å². The summed E-state index contributed by atoms with van der Waals surface area (Å²) in [4.78, 5) is 26.4. The van der Waals surface area contributed by atoms with Gasteiger partial charge in [0, 0.05) is 18.4 Å². The Morgan fingerprint density at radius 2 is 2.07 bits per heavy atom. The molecule has 0 radical (unpaired) electrons. The van der Waals surface area contributed by atoms with Crippen LogP contribution < -0.4 is 5.32 Å². The molecule has 0 spiro atoms. The highest BCUT2D eigenvalue weighted by Crippen LogP contribution is 2.31. The molecule has 1 saturated heterocycles. The van der Waals surface area contributed by atoms with E-state index in [2.05, 4.69) is 5.32 Å². The number of thiocarbonyl (C=S) groups is 1. The van der Waals surface area contributed by atoms with Crippen LogP contribution in [0.15, 0.2) is 58.9 Å². The molecule has 1 aromatic rings. The van der Waals surface area contributed by atoms with Gasteiger partial charge < -0.3 is 5.32 Å². The van der Waals surface area contributed by atoms with Gasteiger partial charge in [-0.25, -0.2) is 8.42 Å². The van der Waals surface area contributed by atoms with E-state index in [-0.39, 0.29) is 30.5 Å². The zero-order valence-electron chi connectivity index (χ0n) is 14.8. The Morgan fingerprint density at radius 1 is 1.32 bits per heavy atom. The van der Waals surface area contributed by atoms with Crippen molar-refractivity contribution in [3.05, 3.63) is 64.4 Å². The minimum Gasteiger partial charge on any atom is -0.349 e. The maximum Gasteiger partial charge on any atom is 0.266 e. The molecule has 0 saturated carbocycles. The van der Waals surface area contributed by atoms with Gasteiger partial charge in [0.15, 0.2) is 9.84 Å². The van der Waals surface area contributed by atoms with Gasteiger partial charge in [-0.05, 0) is 17.7 Å². The average molecular weight is 435 g/mol. The van der Waals surface area contributed by atoms with Crippen molar-refractivity contribution in [2.45, 2.75) is 12.5 Å². The Balaban J connectivity index is 1.52. The molecule has 0 bridgehead atoms. The van der Waals surface area contributed by atoms with Crippen LogP contribution in [0.25, 0.3) is 6.08 Å². The molecule has 1 aromatic carbocycles. The molecule has 9 heteroatoms. The lowest BCUT2D eigenvalue weighted by atomic mass is 10.2. The number of rotatable bonds is 6. The Hall–Kier alpha value is -2.23. The van der Waals surface area contributed by atoms with Crippen molar-refractivity contribution in [1.29, 1.82) is 0 Å². The van der Waals surface area contributed by atoms with Gasteiger partial charge in [-0.2, -0.15) is 0 Å². The van der Waals surface area contributed by atoms with E-state index >= 15 is 0 Å². The van der Waals surface area contributed by atoms with Crippen molar-refractivity contribution in [3.63, 3.8) is 0 Å². The maximum absolute atomic E-state index is 12.5. The summed E-state index contributed by atoms with van der Waals surface area (Å²) in [6, 6.07) is 9.19. The number of amides is 2. The summed E-state index contributed by atoms with van der Waals surface area (Å²) in [6.45, 7) is 0.152. The van der Waals surface area contributed by atoms with Crippen molar-refractivity contribution in [1.82, 2.24) is 10.2 Å². The summed E-state index contributed by atoms with van der Waals surface area (Å²) in [7, 11) is -3.22. The standard InChI is InChI=1S/C19H18N2O4S3/c22-17(20-15-10-12-28(24,25)13-15)9-11-21-18(23)16(27-19(21)26)8-4-7-14-5-2-1-3-6-14/h1-8,10,12,15H,9,11,13H2,(H,20,22)/b7-4+,16-8+/t15-/m0/s1. The van der Waals surface area contributed by atoms with Gasteiger partial charge in [-0.15, -0.1) is 0 Å². The number of thioether (sulfide) groups is 1. The second-order valence-corrected chi connectivity index (χ2v) is 9.81. The number of benzene rings is 1. The average Bonchev–Trinajstić information content (AvgIpc) is 3.12. The lowest BCUT2D eigenvalue weighted by Gasteiger charge is -2.15. The zero-order chi connectivity index (χ0) is 20.1. The normalized spacial score (nSPS) is 22.5. The molecule has 146 valence electrons.